The standard InChI is InChI=1S/C17H20N4OS/c1-17(2,3)21-11-12(10-19-21)16(22)18-9-8-15-20-13-6-4-5-7-14(13)23-15/h4-7,10-11H,8-9H2,1-3H3,(H,18,22). The Morgan fingerprint density at radius 3 is 2.78 bits per heavy atom. The van der Waals surface area contributed by atoms with E-state index in [-0.39, 0.29) is 11.4 Å². The third-order valence-corrected chi connectivity index (χ3v) is 4.59. The summed E-state index contributed by atoms with van der Waals surface area (Å²) >= 11 is 1.67. The molecule has 1 aromatic carbocycles. The molecule has 3 rings (SSSR count). The summed E-state index contributed by atoms with van der Waals surface area (Å²) in [6.07, 6.45) is 4.13. The SMILES string of the molecule is CC(C)(C)n1cc(C(=O)NCCc2nc3ccccc3s2)cn1. The van der Waals surface area contributed by atoms with E-state index in [1.54, 1.807) is 28.4 Å². The summed E-state index contributed by atoms with van der Waals surface area (Å²) in [4.78, 5) is 16.7. The van der Waals surface area contributed by atoms with E-state index in [4.69, 9.17) is 0 Å². The quantitative estimate of drug-likeness (QED) is 0.800. The minimum absolute atomic E-state index is 0.0957. The van der Waals surface area contributed by atoms with Gasteiger partial charge >= 0.3 is 0 Å². The van der Waals surface area contributed by atoms with Crippen LogP contribution >= 0.6 is 11.3 Å². The maximum absolute atomic E-state index is 12.2. The van der Waals surface area contributed by atoms with Crippen LogP contribution in [0, 0.1) is 0 Å². The lowest BCUT2D eigenvalue weighted by Gasteiger charge is -2.18. The first kappa shape index (κ1) is 15.7. The van der Waals surface area contributed by atoms with Gasteiger partial charge in [0.25, 0.3) is 5.91 Å². The van der Waals surface area contributed by atoms with E-state index in [2.05, 4.69) is 42.2 Å². The third kappa shape index (κ3) is 3.59. The van der Waals surface area contributed by atoms with Gasteiger partial charge in [0.05, 0.1) is 32.5 Å². The molecular formula is C17H20N4OS. The zero-order chi connectivity index (χ0) is 16.4. The molecule has 0 aliphatic rings. The van der Waals surface area contributed by atoms with Gasteiger partial charge in [-0.25, -0.2) is 4.98 Å². The second-order valence-electron chi connectivity index (χ2n) is 6.43. The van der Waals surface area contributed by atoms with Crippen LogP contribution in [0.25, 0.3) is 10.2 Å². The number of carbonyl (C=O) groups excluding carboxylic acids is 1. The van der Waals surface area contributed by atoms with E-state index in [1.807, 2.05) is 18.2 Å². The second kappa shape index (κ2) is 6.12. The predicted octanol–water partition coefficient (Wildman–Crippen LogP) is 3.22. The van der Waals surface area contributed by atoms with Crippen molar-refractivity contribution in [1.82, 2.24) is 20.1 Å². The molecule has 0 aliphatic heterocycles. The van der Waals surface area contributed by atoms with Gasteiger partial charge in [0.15, 0.2) is 0 Å². The Morgan fingerprint density at radius 1 is 1.30 bits per heavy atom. The first-order chi connectivity index (χ1) is 10.9. The number of hydrogen-bond donors (Lipinski definition) is 1. The number of para-hydroxylation sites is 1. The minimum Gasteiger partial charge on any atom is -0.352 e. The fourth-order valence-electron chi connectivity index (χ4n) is 2.22. The van der Waals surface area contributed by atoms with E-state index in [0.29, 0.717) is 12.1 Å². The number of nitrogens with one attached hydrogen (secondary N) is 1. The molecule has 1 amide bonds. The van der Waals surface area contributed by atoms with Crippen LogP contribution in [0.3, 0.4) is 0 Å². The van der Waals surface area contributed by atoms with Crippen molar-refractivity contribution in [2.24, 2.45) is 0 Å². The van der Waals surface area contributed by atoms with Gasteiger partial charge in [0, 0.05) is 19.2 Å². The molecule has 0 saturated heterocycles. The first-order valence-electron chi connectivity index (χ1n) is 7.61. The lowest BCUT2D eigenvalue weighted by atomic mass is 10.1. The molecule has 0 atom stereocenters. The van der Waals surface area contributed by atoms with E-state index in [0.717, 1.165) is 16.9 Å². The number of amides is 1. The first-order valence-corrected chi connectivity index (χ1v) is 8.43. The normalized spacial score (nSPS) is 11.8. The zero-order valence-corrected chi connectivity index (χ0v) is 14.4. The van der Waals surface area contributed by atoms with Gasteiger partial charge in [-0.3, -0.25) is 9.48 Å². The molecule has 2 heterocycles. The summed E-state index contributed by atoms with van der Waals surface area (Å²) in [7, 11) is 0. The Hall–Kier alpha value is -2.21. The Balaban J connectivity index is 1.57. The molecule has 0 radical (unpaired) electrons. The van der Waals surface area contributed by atoms with Crippen molar-refractivity contribution < 1.29 is 4.79 Å². The van der Waals surface area contributed by atoms with Crippen molar-refractivity contribution in [3.63, 3.8) is 0 Å². The molecule has 2 aromatic heterocycles. The molecule has 0 unspecified atom stereocenters. The van der Waals surface area contributed by atoms with Crippen LogP contribution in [0.15, 0.2) is 36.7 Å². The third-order valence-electron chi connectivity index (χ3n) is 3.49. The second-order valence-corrected chi connectivity index (χ2v) is 7.54. The highest BCUT2D eigenvalue weighted by atomic mass is 32.1. The summed E-state index contributed by atoms with van der Waals surface area (Å²) in [5, 5.41) is 8.22. The molecule has 0 saturated carbocycles. The van der Waals surface area contributed by atoms with E-state index < -0.39 is 0 Å². The zero-order valence-electron chi connectivity index (χ0n) is 13.5. The van der Waals surface area contributed by atoms with Gasteiger partial charge in [-0.2, -0.15) is 5.10 Å². The number of rotatable bonds is 4. The van der Waals surface area contributed by atoms with Crippen molar-refractivity contribution in [2.45, 2.75) is 32.7 Å². The van der Waals surface area contributed by atoms with Gasteiger partial charge in [-0.1, -0.05) is 12.1 Å². The van der Waals surface area contributed by atoms with Crippen LogP contribution < -0.4 is 5.32 Å². The lowest BCUT2D eigenvalue weighted by Crippen LogP contribution is -2.26. The van der Waals surface area contributed by atoms with Crippen molar-refractivity contribution in [3.05, 3.63) is 47.2 Å². The average molecular weight is 328 g/mol. The average Bonchev–Trinajstić information content (AvgIpc) is 3.13. The number of nitrogens with zero attached hydrogens (tertiary/aromatic N) is 3. The molecule has 0 aliphatic carbocycles. The van der Waals surface area contributed by atoms with Crippen molar-refractivity contribution in [2.75, 3.05) is 6.54 Å². The molecule has 1 N–H and O–H groups in total. The fourth-order valence-corrected chi connectivity index (χ4v) is 3.19. The lowest BCUT2D eigenvalue weighted by molar-refractivity contribution is 0.0954. The van der Waals surface area contributed by atoms with Crippen LogP contribution in [0.2, 0.25) is 0 Å². The number of fused-ring (bicyclic) bond motifs is 1. The highest BCUT2D eigenvalue weighted by Crippen LogP contribution is 2.21. The summed E-state index contributed by atoms with van der Waals surface area (Å²) in [6.45, 7) is 6.72. The Morgan fingerprint density at radius 2 is 2.09 bits per heavy atom. The van der Waals surface area contributed by atoms with E-state index in [1.165, 1.54) is 4.70 Å². The maximum Gasteiger partial charge on any atom is 0.254 e. The molecular weight excluding hydrogens is 308 g/mol. The van der Waals surface area contributed by atoms with Crippen LogP contribution in [0.5, 0.6) is 0 Å². The Kier molecular flexibility index (Phi) is 4.17. The fraction of sp³-hybridized carbons (Fsp3) is 0.353. The van der Waals surface area contributed by atoms with Crippen molar-refractivity contribution in [1.29, 1.82) is 0 Å². The van der Waals surface area contributed by atoms with Crippen LogP contribution in [-0.2, 0) is 12.0 Å². The van der Waals surface area contributed by atoms with Crippen LogP contribution in [0.4, 0.5) is 0 Å². The van der Waals surface area contributed by atoms with Gasteiger partial charge in [0.2, 0.25) is 0 Å². The summed E-state index contributed by atoms with van der Waals surface area (Å²) in [5.41, 5.74) is 1.48. The Bertz CT molecular complexity index is 795. The molecule has 0 spiro atoms. The highest BCUT2D eigenvalue weighted by Gasteiger charge is 2.16. The van der Waals surface area contributed by atoms with Gasteiger partial charge in [-0.15, -0.1) is 11.3 Å². The summed E-state index contributed by atoms with van der Waals surface area (Å²) in [6, 6.07) is 8.07. The molecule has 6 heteroatoms. The molecule has 23 heavy (non-hydrogen) atoms. The minimum atomic E-state index is -0.125. The molecule has 0 bridgehead atoms. The van der Waals surface area contributed by atoms with E-state index >= 15 is 0 Å². The smallest absolute Gasteiger partial charge is 0.254 e. The van der Waals surface area contributed by atoms with E-state index in [9.17, 15) is 4.79 Å². The number of carbonyl (C=O) groups is 1. The van der Waals surface area contributed by atoms with Crippen molar-refractivity contribution >= 4 is 27.5 Å². The number of thiazole rings is 1. The molecule has 120 valence electrons. The monoisotopic (exact) mass is 328 g/mol. The summed E-state index contributed by atoms with van der Waals surface area (Å²) in [5.74, 6) is -0.0957. The maximum atomic E-state index is 12.2. The number of aromatic nitrogens is 3. The predicted molar refractivity (Wildman–Crippen MR) is 92.9 cm³/mol. The molecule has 0 fully saturated rings. The molecule has 5 nitrogen and oxygen atoms in total. The van der Waals surface area contributed by atoms with Gasteiger partial charge in [0.1, 0.15) is 0 Å². The highest BCUT2D eigenvalue weighted by molar-refractivity contribution is 7.18. The van der Waals surface area contributed by atoms with Gasteiger partial charge < -0.3 is 5.32 Å². The van der Waals surface area contributed by atoms with Crippen molar-refractivity contribution in [3.8, 4) is 0 Å². The molecule has 3 aromatic rings. The summed E-state index contributed by atoms with van der Waals surface area (Å²) < 4.78 is 2.98. The number of benzene rings is 1. The Labute approximate surface area is 139 Å². The van der Waals surface area contributed by atoms with Crippen LogP contribution in [0.1, 0.15) is 36.1 Å². The topological polar surface area (TPSA) is 59.8 Å². The van der Waals surface area contributed by atoms with Gasteiger partial charge in [-0.05, 0) is 32.9 Å². The van der Waals surface area contributed by atoms with Crippen LogP contribution in [-0.4, -0.2) is 27.2 Å². The largest absolute Gasteiger partial charge is 0.352 e. The number of hydrogen-bond acceptors (Lipinski definition) is 4.